The zero-order valence-corrected chi connectivity index (χ0v) is 31.2. The van der Waals surface area contributed by atoms with Crippen LogP contribution in [-0.4, -0.2) is 0 Å². The molecular formula is C53H27N5O. The van der Waals surface area contributed by atoms with Gasteiger partial charge in [0.15, 0.2) is 0 Å². The highest BCUT2D eigenvalue weighted by Gasteiger charge is 2.31. The normalized spacial score (nSPS) is 10.6. The lowest BCUT2D eigenvalue weighted by molar-refractivity contribution is 0.669. The lowest BCUT2D eigenvalue weighted by atomic mass is 9.73. The van der Waals surface area contributed by atoms with E-state index in [-0.39, 0.29) is 0 Å². The van der Waals surface area contributed by atoms with Crippen LogP contribution in [0.15, 0.2) is 168 Å². The van der Waals surface area contributed by atoms with Crippen LogP contribution >= 0.6 is 0 Å². The average Bonchev–Trinajstić information content (AvgIpc) is 3.68. The van der Waals surface area contributed by atoms with Crippen molar-refractivity contribution in [2.45, 2.75) is 0 Å². The first-order valence-electron chi connectivity index (χ1n) is 18.7. The molecule has 1 heterocycles. The molecule has 6 heteroatoms. The van der Waals surface area contributed by atoms with Crippen LogP contribution in [0.2, 0.25) is 0 Å². The third-order valence-corrected chi connectivity index (χ3v) is 10.6. The molecule has 0 saturated heterocycles. The minimum absolute atomic E-state index is 0.406. The molecule has 0 bridgehead atoms. The summed E-state index contributed by atoms with van der Waals surface area (Å²) in [4.78, 5) is 0. The Morgan fingerprint density at radius 3 is 1.17 bits per heavy atom. The molecule has 1 aromatic heterocycles. The van der Waals surface area contributed by atoms with Crippen LogP contribution in [0.25, 0.3) is 88.7 Å². The molecule has 0 N–H and O–H groups in total. The number of nitriles is 5. The summed E-state index contributed by atoms with van der Waals surface area (Å²) in [5, 5.41) is 54.3. The van der Waals surface area contributed by atoms with Crippen LogP contribution in [0.4, 0.5) is 0 Å². The Morgan fingerprint density at radius 1 is 0.305 bits per heavy atom. The fourth-order valence-electron chi connectivity index (χ4n) is 8.15. The van der Waals surface area contributed by atoms with Crippen molar-refractivity contribution in [1.29, 1.82) is 26.3 Å². The maximum Gasteiger partial charge on any atom is 0.136 e. The fraction of sp³-hybridized carbons (Fsp3) is 0. The van der Waals surface area contributed by atoms with Crippen molar-refractivity contribution in [2.75, 3.05) is 0 Å². The second kappa shape index (κ2) is 14.9. The number of hydrogen-bond acceptors (Lipinski definition) is 6. The van der Waals surface area contributed by atoms with Gasteiger partial charge in [-0.1, -0.05) is 97.1 Å². The average molecular weight is 750 g/mol. The SMILES string of the molecule is N#Cc1cccc(-c2c(-c3cccc(C#N)c3)c(-c3ccccc3C#N)c(-c3ccc4c(c3)oc3ccccc34)c(-c3cccc(C#N)c3)c2-c2ccccc2C#N)c1. The van der Waals surface area contributed by atoms with E-state index in [0.717, 1.165) is 21.9 Å². The molecule has 9 rings (SSSR count). The van der Waals surface area contributed by atoms with Crippen LogP contribution in [-0.2, 0) is 0 Å². The molecule has 6 nitrogen and oxygen atoms in total. The first kappa shape index (κ1) is 35.7. The third-order valence-electron chi connectivity index (χ3n) is 10.6. The van der Waals surface area contributed by atoms with Gasteiger partial charge in [0.05, 0.1) is 58.2 Å². The van der Waals surface area contributed by atoms with E-state index in [1.54, 1.807) is 30.3 Å². The van der Waals surface area contributed by atoms with Crippen molar-refractivity contribution < 1.29 is 4.42 Å². The summed E-state index contributed by atoms with van der Waals surface area (Å²) < 4.78 is 6.50. The summed E-state index contributed by atoms with van der Waals surface area (Å²) in [6.45, 7) is 0. The quantitative estimate of drug-likeness (QED) is 0.166. The lowest BCUT2D eigenvalue weighted by Gasteiger charge is -2.29. The molecular weight excluding hydrogens is 723 g/mol. The highest BCUT2D eigenvalue weighted by atomic mass is 16.3. The minimum atomic E-state index is 0.406. The summed E-state index contributed by atoms with van der Waals surface area (Å²) in [6, 6.07) is 62.6. The maximum absolute atomic E-state index is 10.8. The van der Waals surface area contributed by atoms with Crippen molar-refractivity contribution in [3.63, 3.8) is 0 Å². The Bertz CT molecular complexity index is 3410. The molecule has 270 valence electrons. The first-order valence-corrected chi connectivity index (χ1v) is 18.7. The number of furan rings is 1. The molecule has 0 unspecified atom stereocenters. The largest absolute Gasteiger partial charge is 0.456 e. The van der Waals surface area contributed by atoms with Gasteiger partial charge in [0.25, 0.3) is 0 Å². The highest BCUT2D eigenvalue weighted by Crippen LogP contribution is 2.57. The predicted octanol–water partition coefficient (Wildman–Crippen LogP) is 12.9. The molecule has 0 saturated carbocycles. The van der Waals surface area contributed by atoms with Gasteiger partial charge in [-0.15, -0.1) is 0 Å². The van der Waals surface area contributed by atoms with Crippen LogP contribution in [0.1, 0.15) is 27.8 Å². The fourth-order valence-corrected chi connectivity index (χ4v) is 8.15. The Hall–Kier alpha value is -8.99. The van der Waals surface area contributed by atoms with E-state index in [1.807, 2.05) is 133 Å². The first-order chi connectivity index (χ1) is 29.0. The van der Waals surface area contributed by atoms with Gasteiger partial charge in [-0.3, -0.25) is 0 Å². The highest BCUT2D eigenvalue weighted by molar-refractivity contribution is 6.17. The van der Waals surface area contributed by atoms with E-state index in [9.17, 15) is 26.3 Å². The van der Waals surface area contributed by atoms with Crippen molar-refractivity contribution in [3.8, 4) is 97.1 Å². The zero-order chi connectivity index (χ0) is 40.5. The molecule has 0 spiro atoms. The lowest BCUT2D eigenvalue weighted by Crippen LogP contribution is -2.04. The van der Waals surface area contributed by atoms with Gasteiger partial charge >= 0.3 is 0 Å². The summed E-state index contributed by atoms with van der Waals surface area (Å²) in [7, 11) is 0. The number of benzene rings is 8. The van der Waals surface area contributed by atoms with Crippen molar-refractivity contribution in [1.82, 2.24) is 0 Å². The van der Waals surface area contributed by atoms with Crippen molar-refractivity contribution in [3.05, 3.63) is 192 Å². The van der Waals surface area contributed by atoms with E-state index < -0.39 is 0 Å². The second-order valence-electron chi connectivity index (χ2n) is 14.0. The predicted molar refractivity (Wildman–Crippen MR) is 230 cm³/mol. The Kier molecular flexibility index (Phi) is 9.03. The van der Waals surface area contributed by atoms with Crippen molar-refractivity contribution in [2.24, 2.45) is 0 Å². The Balaban J connectivity index is 1.64. The summed E-state index contributed by atoms with van der Waals surface area (Å²) in [5.74, 6) is 0. The molecule has 59 heavy (non-hydrogen) atoms. The standard InChI is InChI=1S/C53H27N5O/c54-28-33-10-7-15-36(24-33)48-49(37-16-8-11-34(25-37)29-55)53(43-19-4-2-14-41(43)32-58)51(39-22-23-45-44-20-5-6-21-46(44)59-47(45)27-39)50(38-17-9-12-35(26-38)30-56)52(48)42-18-3-1-13-40(42)31-57/h1-27H. The van der Waals surface area contributed by atoms with Gasteiger partial charge in [-0.2, -0.15) is 26.3 Å². The molecule has 0 fully saturated rings. The molecule has 0 aliphatic carbocycles. The van der Waals surface area contributed by atoms with E-state index in [1.165, 1.54) is 0 Å². The molecule has 9 aromatic rings. The maximum atomic E-state index is 10.8. The third kappa shape index (κ3) is 6.12. The van der Waals surface area contributed by atoms with Gasteiger partial charge in [0.1, 0.15) is 11.2 Å². The number of nitrogens with zero attached hydrogens (tertiary/aromatic N) is 5. The molecule has 8 aromatic carbocycles. The van der Waals surface area contributed by atoms with Crippen LogP contribution in [0.5, 0.6) is 0 Å². The zero-order valence-electron chi connectivity index (χ0n) is 31.2. The van der Waals surface area contributed by atoms with Gasteiger partial charge in [0, 0.05) is 21.9 Å². The summed E-state index contributed by atoms with van der Waals surface area (Å²) >= 11 is 0. The van der Waals surface area contributed by atoms with Crippen LogP contribution < -0.4 is 0 Å². The minimum Gasteiger partial charge on any atom is -0.456 e. The Morgan fingerprint density at radius 2 is 0.712 bits per heavy atom. The smallest absolute Gasteiger partial charge is 0.136 e. The second-order valence-corrected chi connectivity index (χ2v) is 14.0. The molecule has 0 aliphatic heterocycles. The number of para-hydroxylation sites is 1. The van der Waals surface area contributed by atoms with E-state index >= 15 is 0 Å². The van der Waals surface area contributed by atoms with Gasteiger partial charge < -0.3 is 4.42 Å². The van der Waals surface area contributed by atoms with Crippen molar-refractivity contribution >= 4 is 21.9 Å². The number of hydrogen-bond donors (Lipinski definition) is 0. The molecule has 0 atom stereocenters. The monoisotopic (exact) mass is 749 g/mol. The van der Waals surface area contributed by atoms with Gasteiger partial charge in [0.2, 0.25) is 0 Å². The van der Waals surface area contributed by atoms with Crippen LogP contribution in [0, 0.1) is 56.7 Å². The van der Waals surface area contributed by atoms with E-state index in [2.05, 4.69) is 30.3 Å². The number of fused-ring (bicyclic) bond motifs is 3. The number of rotatable bonds is 6. The van der Waals surface area contributed by atoms with E-state index in [0.29, 0.717) is 94.6 Å². The Labute approximate surface area is 340 Å². The molecule has 0 radical (unpaired) electrons. The molecule has 0 aliphatic rings. The van der Waals surface area contributed by atoms with Crippen LogP contribution in [0.3, 0.4) is 0 Å². The van der Waals surface area contributed by atoms with Gasteiger partial charge in [-0.25, -0.2) is 0 Å². The summed E-state index contributed by atoms with van der Waals surface area (Å²) in [5.41, 5.74) is 11.6. The van der Waals surface area contributed by atoms with E-state index in [4.69, 9.17) is 4.42 Å². The van der Waals surface area contributed by atoms with Gasteiger partial charge in [-0.05, 0) is 122 Å². The summed E-state index contributed by atoms with van der Waals surface area (Å²) in [6.07, 6.45) is 0. The molecule has 0 amide bonds. The topological polar surface area (TPSA) is 132 Å².